The Morgan fingerprint density at radius 2 is 2.05 bits per heavy atom. The minimum Gasteiger partial charge on any atom is -0.380 e. The van der Waals surface area contributed by atoms with Gasteiger partial charge in [0.1, 0.15) is 5.83 Å². The summed E-state index contributed by atoms with van der Waals surface area (Å²) in [5.41, 5.74) is -2.44. The molecule has 4 heterocycles. The van der Waals surface area contributed by atoms with Gasteiger partial charge in [-0.3, -0.25) is 14.4 Å². The van der Waals surface area contributed by atoms with Crippen molar-refractivity contribution < 1.29 is 36.7 Å². The minimum absolute atomic E-state index is 0.0183. The first-order chi connectivity index (χ1) is 20.4. The van der Waals surface area contributed by atoms with Gasteiger partial charge in [0.15, 0.2) is 0 Å². The van der Waals surface area contributed by atoms with Gasteiger partial charge in [0, 0.05) is 55.2 Å². The molecule has 3 fully saturated rings. The molecule has 1 unspecified atom stereocenters. The molecule has 3 amide bonds. The molecule has 13 heteroatoms. The SMILES string of the molecule is C[C@@]12COC[C@@H]1CN(C(=O)c1cc(C#N)cc(C(F)(F)F)c1N1CC[C@@H](NC(=O)C3=CC(=O)N=C4C(F)=CC=CC34)C1)C2. The zero-order chi connectivity index (χ0) is 30.7. The third-order valence-electron chi connectivity index (χ3n) is 8.82. The van der Waals surface area contributed by atoms with Crippen LogP contribution in [0.25, 0.3) is 0 Å². The molecular weight excluding hydrogens is 570 g/mol. The lowest BCUT2D eigenvalue weighted by molar-refractivity contribution is -0.137. The van der Waals surface area contributed by atoms with Crippen LogP contribution in [0.5, 0.6) is 0 Å². The topological polar surface area (TPSA) is 115 Å². The maximum Gasteiger partial charge on any atom is 0.418 e. The fraction of sp³-hybridized carbons (Fsp3) is 0.433. The van der Waals surface area contributed by atoms with Gasteiger partial charge in [0.05, 0.1) is 53.3 Å². The normalized spacial score (nSPS) is 28.1. The highest BCUT2D eigenvalue weighted by Crippen LogP contribution is 2.44. The van der Waals surface area contributed by atoms with Gasteiger partial charge >= 0.3 is 6.18 Å². The number of ether oxygens (including phenoxy) is 1. The molecule has 0 spiro atoms. The van der Waals surface area contributed by atoms with E-state index in [0.29, 0.717) is 26.3 Å². The lowest BCUT2D eigenvalue weighted by Crippen LogP contribution is -2.41. The van der Waals surface area contributed by atoms with Crippen LogP contribution >= 0.6 is 0 Å². The van der Waals surface area contributed by atoms with Crippen molar-refractivity contribution in [1.82, 2.24) is 10.2 Å². The number of allylic oxidation sites excluding steroid dienone is 4. The molecule has 4 aliphatic heterocycles. The van der Waals surface area contributed by atoms with Gasteiger partial charge in [-0.25, -0.2) is 9.38 Å². The van der Waals surface area contributed by atoms with Crippen LogP contribution in [0.4, 0.5) is 23.2 Å². The molecule has 1 aromatic carbocycles. The molecule has 1 aliphatic carbocycles. The third kappa shape index (κ3) is 5.14. The first-order valence-electron chi connectivity index (χ1n) is 13.8. The number of fused-ring (bicyclic) bond motifs is 2. The Labute approximate surface area is 244 Å². The predicted octanol–water partition coefficient (Wildman–Crippen LogP) is 3.33. The fourth-order valence-electron chi connectivity index (χ4n) is 6.59. The first kappa shape index (κ1) is 28.8. The van der Waals surface area contributed by atoms with Gasteiger partial charge in [0.2, 0.25) is 5.91 Å². The van der Waals surface area contributed by atoms with Crippen LogP contribution in [0, 0.1) is 28.6 Å². The largest absolute Gasteiger partial charge is 0.418 e. The number of dihydropyridines is 1. The summed E-state index contributed by atoms with van der Waals surface area (Å²) >= 11 is 0. The lowest BCUT2D eigenvalue weighted by atomic mass is 9.83. The van der Waals surface area contributed by atoms with Gasteiger partial charge in [-0.1, -0.05) is 19.1 Å². The van der Waals surface area contributed by atoms with Gasteiger partial charge < -0.3 is 19.9 Å². The molecule has 224 valence electrons. The van der Waals surface area contributed by atoms with E-state index in [-0.39, 0.29) is 58.9 Å². The number of nitriles is 1. The van der Waals surface area contributed by atoms with Crippen LogP contribution in [0.3, 0.4) is 0 Å². The van der Waals surface area contributed by atoms with E-state index in [1.54, 1.807) is 6.07 Å². The molecule has 3 saturated heterocycles. The van der Waals surface area contributed by atoms with Crippen LogP contribution in [0.1, 0.15) is 34.8 Å². The van der Waals surface area contributed by atoms with Crippen LogP contribution in [-0.2, 0) is 20.5 Å². The smallest absolute Gasteiger partial charge is 0.380 e. The van der Waals surface area contributed by atoms with Crippen molar-refractivity contribution in [2.24, 2.45) is 22.2 Å². The molecule has 4 atom stereocenters. The summed E-state index contributed by atoms with van der Waals surface area (Å²) in [6, 6.07) is 3.04. The number of halogens is 4. The second kappa shape index (κ2) is 10.4. The Morgan fingerprint density at radius 3 is 2.77 bits per heavy atom. The maximum atomic E-state index is 14.4. The molecule has 1 aromatic rings. The molecule has 0 aromatic heterocycles. The van der Waals surface area contributed by atoms with E-state index in [2.05, 4.69) is 10.3 Å². The molecule has 43 heavy (non-hydrogen) atoms. The molecule has 9 nitrogen and oxygen atoms in total. The average molecular weight is 598 g/mol. The van der Waals surface area contributed by atoms with E-state index >= 15 is 0 Å². The summed E-state index contributed by atoms with van der Waals surface area (Å²) in [7, 11) is 0. The van der Waals surface area contributed by atoms with Crippen LogP contribution < -0.4 is 10.2 Å². The van der Waals surface area contributed by atoms with Gasteiger partial charge in [0.25, 0.3) is 11.8 Å². The van der Waals surface area contributed by atoms with E-state index < -0.39 is 47.2 Å². The van der Waals surface area contributed by atoms with Gasteiger partial charge in [-0.05, 0) is 24.6 Å². The van der Waals surface area contributed by atoms with E-state index in [9.17, 15) is 37.2 Å². The number of carbonyl (C=O) groups excluding carboxylic acids is 3. The van der Waals surface area contributed by atoms with Crippen LogP contribution in [-0.4, -0.2) is 73.8 Å². The minimum atomic E-state index is -4.87. The van der Waals surface area contributed by atoms with Crippen molar-refractivity contribution in [2.45, 2.75) is 25.6 Å². The number of alkyl halides is 3. The van der Waals surface area contributed by atoms with Crippen molar-refractivity contribution in [3.63, 3.8) is 0 Å². The zero-order valence-corrected chi connectivity index (χ0v) is 23.1. The highest BCUT2D eigenvalue weighted by molar-refractivity contribution is 6.19. The Hall–Kier alpha value is -4.31. The highest BCUT2D eigenvalue weighted by Gasteiger charge is 2.49. The highest BCUT2D eigenvalue weighted by atomic mass is 19.4. The molecular formula is C30H27F4N5O4. The summed E-state index contributed by atoms with van der Waals surface area (Å²) in [6.45, 7) is 3.56. The number of likely N-dealkylation sites (tertiary alicyclic amines) is 1. The Kier molecular flexibility index (Phi) is 7.00. The van der Waals surface area contributed by atoms with Crippen molar-refractivity contribution >= 4 is 29.1 Å². The molecule has 0 saturated carbocycles. The number of hydrogen-bond acceptors (Lipinski definition) is 6. The number of aliphatic imine (C=N–C) groups is 1. The summed E-state index contributed by atoms with van der Waals surface area (Å²) in [4.78, 5) is 45.7. The van der Waals surface area contributed by atoms with Crippen molar-refractivity contribution in [3.05, 3.63) is 64.5 Å². The Morgan fingerprint density at radius 1 is 1.26 bits per heavy atom. The number of rotatable bonds is 4. The quantitative estimate of drug-likeness (QED) is 0.533. The standard InChI is InChI=1S/C30H27F4N5O4/c1-29-14-39(11-17(29)13-43-15-29)28(42)21-7-16(10-35)8-22(30(32,33)34)26(21)38-6-5-18(12-38)36-27(41)20-9-24(40)37-25-19(20)3-2-4-23(25)31/h2-4,7-9,17-19H,5-6,11-15H2,1H3,(H,36,41)/t17-,18+,19?,29+/m0/s1. The number of carbonyl (C=O) groups is 3. The summed E-state index contributed by atoms with van der Waals surface area (Å²) < 4.78 is 63.1. The summed E-state index contributed by atoms with van der Waals surface area (Å²) in [5.74, 6) is -3.59. The Bertz CT molecular complexity index is 1590. The molecule has 1 N–H and O–H groups in total. The van der Waals surface area contributed by atoms with E-state index in [0.717, 1.165) is 18.2 Å². The third-order valence-corrected chi connectivity index (χ3v) is 8.82. The number of amides is 3. The molecule has 5 aliphatic rings. The molecule has 0 radical (unpaired) electrons. The van der Waals surface area contributed by atoms with Crippen LogP contribution in [0.15, 0.2) is 52.8 Å². The van der Waals surface area contributed by atoms with Gasteiger partial charge in [-0.2, -0.15) is 18.4 Å². The van der Waals surface area contributed by atoms with E-state index in [1.807, 2.05) is 6.92 Å². The van der Waals surface area contributed by atoms with Crippen molar-refractivity contribution in [2.75, 3.05) is 44.3 Å². The number of hydrogen-bond donors (Lipinski definition) is 1. The Balaban J connectivity index is 1.27. The fourth-order valence-corrected chi connectivity index (χ4v) is 6.59. The second-order valence-corrected chi connectivity index (χ2v) is 11.8. The second-order valence-electron chi connectivity index (χ2n) is 11.8. The van der Waals surface area contributed by atoms with Crippen molar-refractivity contribution in [1.29, 1.82) is 5.26 Å². The van der Waals surface area contributed by atoms with E-state index in [4.69, 9.17) is 4.74 Å². The predicted molar refractivity (Wildman–Crippen MR) is 146 cm³/mol. The number of nitrogens with zero attached hydrogens (tertiary/aromatic N) is 4. The van der Waals surface area contributed by atoms with Gasteiger partial charge in [-0.15, -0.1) is 0 Å². The monoisotopic (exact) mass is 597 g/mol. The van der Waals surface area contributed by atoms with E-state index in [1.165, 1.54) is 28.0 Å². The number of anilines is 1. The molecule has 0 bridgehead atoms. The average Bonchev–Trinajstić information content (AvgIpc) is 3.65. The zero-order valence-electron chi connectivity index (χ0n) is 23.1. The molecule has 6 rings (SSSR count). The number of benzene rings is 1. The summed E-state index contributed by atoms with van der Waals surface area (Å²) in [6.07, 6.45) is 0.480. The van der Waals surface area contributed by atoms with Crippen LogP contribution in [0.2, 0.25) is 0 Å². The van der Waals surface area contributed by atoms with Crippen molar-refractivity contribution in [3.8, 4) is 6.07 Å². The maximum absolute atomic E-state index is 14.4. The lowest BCUT2D eigenvalue weighted by Gasteiger charge is -2.29. The first-order valence-corrected chi connectivity index (χ1v) is 13.8. The summed E-state index contributed by atoms with van der Waals surface area (Å²) in [5, 5.41) is 12.3. The number of nitrogens with one attached hydrogen (secondary N) is 1.